The summed E-state index contributed by atoms with van der Waals surface area (Å²) in [5.74, 6) is 0.241. The molecule has 2 fully saturated rings. The number of carbonyl (C=O) groups is 2. The van der Waals surface area contributed by atoms with Crippen molar-refractivity contribution in [2.24, 2.45) is 22.7 Å². The molecule has 0 unspecified atom stereocenters. The Morgan fingerprint density at radius 3 is 2.53 bits per heavy atom. The lowest BCUT2D eigenvalue weighted by atomic mass is 9.46. The van der Waals surface area contributed by atoms with Gasteiger partial charge in [-0.2, -0.15) is 0 Å². The molecule has 2 aliphatic rings. The van der Waals surface area contributed by atoms with E-state index in [-0.39, 0.29) is 36.2 Å². The molecule has 4 N–H and O–H groups in total. The Labute approximate surface area is 224 Å². The van der Waals surface area contributed by atoms with Crippen LogP contribution < -0.4 is 15.4 Å². The molecule has 0 radical (unpaired) electrons. The molecule has 2 saturated carbocycles. The minimum atomic E-state index is -0.711. The average Bonchev–Trinajstić information content (AvgIpc) is 2.92. The van der Waals surface area contributed by atoms with Crippen LogP contribution in [0.15, 0.2) is 54.6 Å². The summed E-state index contributed by atoms with van der Waals surface area (Å²) in [5.41, 5.74) is 0.481. The van der Waals surface area contributed by atoms with Gasteiger partial charge in [0.25, 0.3) is 0 Å². The lowest BCUT2D eigenvalue weighted by Crippen LogP contribution is -2.61. The van der Waals surface area contributed by atoms with Crippen LogP contribution in [0.4, 0.5) is 10.5 Å². The summed E-state index contributed by atoms with van der Waals surface area (Å²) in [5, 5.41) is 27.4. The molecular formula is C30H40N2O6. The Morgan fingerprint density at radius 2 is 1.82 bits per heavy atom. The zero-order chi connectivity index (χ0) is 27.3. The van der Waals surface area contributed by atoms with Crippen molar-refractivity contribution in [3.63, 3.8) is 0 Å². The van der Waals surface area contributed by atoms with Crippen LogP contribution in [-0.4, -0.2) is 48.1 Å². The van der Waals surface area contributed by atoms with Crippen molar-refractivity contribution >= 4 is 17.7 Å². The van der Waals surface area contributed by atoms with Gasteiger partial charge in [0.2, 0.25) is 5.91 Å². The fraction of sp³-hybridized carbons (Fsp3) is 0.533. The molecule has 4 rings (SSSR count). The quantitative estimate of drug-likeness (QED) is 0.404. The first-order valence-corrected chi connectivity index (χ1v) is 13.4. The van der Waals surface area contributed by atoms with Crippen LogP contribution >= 0.6 is 0 Å². The van der Waals surface area contributed by atoms with E-state index in [1.165, 1.54) is 0 Å². The summed E-state index contributed by atoms with van der Waals surface area (Å²) >= 11 is 0. The van der Waals surface area contributed by atoms with Crippen LogP contribution in [0.1, 0.15) is 51.5 Å². The number of hydrogen-bond acceptors (Lipinski definition) is 6. The van der Waals surface area contributed by atoms with Crippen molar-refractivity contribution in [2.75, 3.05) is 19.0 Å². The van der Waals surface area contributed by atoms with E-state index in [0.717, 1.165) is 5.56 Å². The van der Waals surface area contributed by atoms with Crippen LogP contribution in [0.5, 0.6) is 5.75 Å². The van der Waals surface area contributed by atoms with Gasteiger partial charge >= 0.3 is 6.09 Å². The minimum Gasteiger partial charge on any atom is -0.497 e. The van der Waals surface area contributed by atoms with Crippen LogP contribution in [0.3, 0.4) is 0 Å². The number of hydrogen-bond donors (Lipinski definition) is 4. The number of benzene rings is 2. The maximum absolute atomic E-state index is 12.9. The first kappa shape index (κ1) is 27.9. The van der Waals surface area contributed by atoms with E-state index in [0.29, 0.717) is 43.7 Å². The van der Waals surface area contributed by atoms with Gasteiger partial charge in [-0.05, 0) is 60.6 Å². The van der Waals surface area contributed by atoms with Gasteiger partial charge in [0.05, 0.1) is 19.8 Å². The number of nitrogens with one attached hydrogen (secondary N) is 2. The maximum atomic E-state index is 12.9. The highest BCUT2D eigenvalue weighted by atomic mass is 16.6. The molecule has 38 heavy (non-hydrogen) atoms. The summed E-state index contributed by atoms with van der Waals surface area (Å²) in [6.45, 7) is 4.36. The third-order valence-electron chi connectivity index (χ3n) is 8.98. The Kier molecular flexibility index (Phi) is 8.63. The Bertz CT molecular complexity index is 1110. The number of carbonyl (C=O) groups excluding carboxylic acids is 2. The van der Waals surface area contributed by atoms with E-state index in [2.05, 4.69) is 17.6 Å². The molecule has 2 aliphatic carbocycles. The zero-order valence-electron chi connectivity index (χ0n) is 22.5. The number of amides is 2. The predicted molar refractivity (Wildman–Crippen MR) is 145 cm³/mol. The van der Waals surface area contributed by atoms with Crippen molar-refractivity contribution < 1.29 is 29.3 Å². The second-order valence-electron chi connectivity index (χ2n) is 11.2. The van der Waals surface area contributed by atoms with Crippen LogP contribution in [0, 0.1) is 22.7 Å². The van der Waals surface area contributed by atoms with Gasteiger partial charge in [-0.25, -0.2) is 4.79 Å². The van der Waals surface area contributed by atoms with Crippen molar-refractivity contribution in [2.45, 2.75) is 64.7 Å². The van der Waals surface area contributed by atoms with E-state index in [9.17, 15) is 19.8 Å². The summed E-state index contributed by atoms with van der Waals surface area (Å²) in [6.07, 6.45) is 0.963. The fourth-order valence-electron chi connectivity index (χ4n) is 6.83. The number of ether oxygens (including phenoxy) is 2. The summed E-state index contributed by atoms with van der Waals surface area (Å²) < 4.78 is 11.1. The third-order valence-corrected chi connectivity index (χ3v) is 8.98. The van der Waals surface area contributed by atoms with Crippen molar-refractivity contribution in [3.05, 3.63) is 60.2 Å². The minimum absolute atomic E-state index is 0.0290. The average molecular weight is 525 g/mol. The van der Waals surface area contributed by atoms with Crippen molar-refractivity contribution in [1.82, 2.24) is 5.32 Å². The first-order chi connectivity index (χ1) is 18.2. The topological polar surface area (TPSA) is 117 Å². The Hall–Kier alpha value is -3.10. The molecule has 8 heteroatoms. The number of aliphatic hydroxyl groups excluding tert-OH is 2. The second-order valence-corrected chi connectivity index (χ2v) is 11.2. The number of rotatable bonds is 8. The lowest BCUT2D eigenvalue weighted by molar-refractivity contribution is -0.185. The molecule has 0 spiro atoms. The molecule has 0 heterocycles. The van der Waals surface area contributed by atoms with E-state index in [1.807, 2.05) is 37.3 Å². The Morgan fingerprint density at radius 1 is 1.05 bits per heavy atom. The van der Waals surface area contributed by atoms with E-state index in [4.69, 9.17) is 9.47 Å². The highest BCUT2D eigenvalue weighted by Gasteiger charge is 2.60. The summed E-state index contributed by atoms with van der Waals surface area (Å²) in [7, 11) is 1.56. The molecule has 2 aromatic rings. The van der Waals surface area contributed by atoms with E-state index in [1.54, 1.807) is 31.4 Å². The molecule has 0 saturated heterocycles. The highest BCUT2D eigenvalue weighted by Crippen LogP contribution is 2.61. The zero-order valence-corrected chi connectivity index (χ0v) is 22.5. The highest BCUT2D eigenvalue weighted by molar-refractivity contribution is 5.85. The monoisotopic (exact) mass is 524 g/mol. The van der Waals surface area contributed by atoms with Crippen molar-refractivity contribution in [3.8, 4) is 5.75 Å². The molecule has 206 valence electrons. The number of anilines is 1. The molecule has 0 aliphatic heterocycles. The number of methoxy groups -OCH3 is 1. The van der Waals surface area contributed by atoms with Gasteiger partial charge in [-0.1, -0.05) is 50.2 Å². The van der Waals surface area contributed by atoms with E-state index < -0.39 is 23.7 Å². The first-order valence-electron chi connectivity index (χ1n) is 13.4. The normalized spacial score (nSPS) is 30.6. The SMILES string of the molecule is COc1cccc(NC(=O)O[C@@H]2CC[C@]3(C)[C@@H](CC[C@@H](O)[C@H]3CC(=O)NCc3ccccc3)[C@]2(C)CO)c1. The molecule has 8 nitrogen and oxygen atoms in total. The lowest BCUT2D eigenvalue weighted by Gasteiger charge is -2.60. The summed E-state index contributed by atoms with van der Waals surface area (Å²) in [4.78, 5) is 25.8. The van der Waals surface area contributed by atoms with Crippen LogP contribution in [-0.2, 0) is 16.1 Å². The molecule has 2 amide bonds. The smallest absolute Gasteiger partial charge is 0.411 e. The standard InChI is InChI=1S/C30H40N2O6/c1-29-15-14-26(38-28(36)32-21-10-7-11-22(16-21)37-3)30(2,19-33)25(29)13-12-24(34)23(29)17-27(35)31-18-20-8-5-4-6-9-20/h4-11,16,23-26,33-34H,12-15,17-19H2,1-3H3,(H,31,35)(H,32,36)/t23-,24-,25-,26-,29+,30+/m1/s1. The van der Waals surface area contributed by atoms with Gasteiger partial charge in [0.1, 0.15) is 11.9 Å². The van der Waals surface area contributed by atoms with E-state index >= 15 is 0 Å². The van der Waals surface area contributed by atoms with Gasteiger partial charge in [0, 0.05) is 30.1 Å². The molecule has 0 aromatic heterocycles. The molecule has 6 atom stereocenters. The van der Waals surface area contributed by atoms with Gasteiger partial charge in [-0.3, -0.25) is 10.1 Å². The van der Waals surface area contributed by atoms with Crippen LogP contribution in [0.2, 0.25) is 0 Å². The second kappa shape index (κ2) is 11.7. The molecule has 2 aromatic carbocycles. The van der Waals surface area contributed by atoms with Gasteiger partial charge < -0.3 is 25.0 Å². The third kappa shape index (κ3) is 5.81. The molecule has 0 bridgehead atoms. The number of fused-ring (bicyclic) bond motifs is 1. The van der Waals surface area contributed by atoms with Crippen LogP contribution in [0.25, 0.3) is 0 Å². The largest absolute Gasteiger partial charge is 0.497 e. The Balaban J connectivity index is 1.45. The fourth-order valence-corrected chi connectivity index (χ4v) is 6.83. The van der Waals surface area contributed by atoms with Gasteiger partial charge in [-0.15, -0.1) is 0 Å². The predicted octanol–water partition coefficient (Wildman–Crippen LogP) is 4.50. The summed E-state index contributed by atoms with van der Waals surface area (Å²) in [6, 6.07) is 16.8. The number of aliphatic hydroxyl groups is 2. The maximum Gasteiger partial charge on any atom is 0.411 e. The van der Waals surface area contributed by atoms with Gasteiger partial charge in [0.15, 0.2) is 0 Å². The molecular weight excluding hydrogens is 484 g/mol. The van der Waals surface area contributed by atoms with Crippen molar-refractivity contribution in [1.29, 1.82) is 0 Å².